The van der Waals surface area contributed by atoms with Gasteiger partial charge in [0, 0.05) is 25.5 Å². The second-order valence-electron chi connectivity index (χ2n) is 4.96. The number of rotatable bonds is 3. The van der Waals surface area contributed by atoms with Crippen LogP contribution < -0.4 is 10.6 Å². The van der Waals surface area contributed by atoms with Gasteiger partial charge in [-0.1, -0.05) is 0 Å². The van der Waals surface area contributed by atoms with Gasteiger partial charge >= 0.3 is 0 Å². The Morgan fingerprint density at radius 3 is 2.71 bits per heavy atom. The Morgan fingerprint density at radius 2 is 2.12 bits per heavy atom. The molecule has 0 atom stereocenters. The highest BCUT2D eigenvalue weighted by Crippen LogP contribution is 2.19. The molecule has 0 radical (unpaired) electrons. The first-order valence-corrected chi connectivity index (χ1v) is 6.01. The molecule has 1 aliphatic rings. The van der Waals surface area contributed by atoms with E-state index >= 15 is 0 Å². The molecule has 17 heavy (non-hydrogen) atoms. The van der Waals surface area contributed by atoms with Crippen LogP contribution in [0.1, 0.15) is 19.4 Å². The van der Waals surface area contributed by atoms with Crippen LogP contribution >= 0.6 is 0 Å². The molecule has 5 nitrogen and oxygen atoms in total. The highest BCUT2D eigenvalue weighted by Gasteiger charge is 2.28. The van der Waals surface area contributed by atoms with Crippen LogP contribution in [0.15, 0.2) is 12.4 Å². The van der Waals surface area contributed by atoms with Gasteiger partial charge in [-0.3, -0.25) is 0 Å². The minimum Gasteiger partial charge on any atom is -0.372 e. The molecule has 0 unspecified atom stereocenters. The van der Waals surface area contributed by atoms with Crippen molar-refractivity contribution in [3.8, 4) is 0 Å². The summed E-state index contributed by atoms with van der Waals surface area (Å²) in [4.78, 5) is 10.9. The third-order valence-corrected chi connectivity index (χ3v) is 2.83. The lowest BCUT2D eigenvalue weighted by molar-refractivity contribution is -0.0281. The van der Waals surface area contributed by atoms with Crippen molar-refractivity contribution in [2.45, 2.75) is 25.9 Å². The molecule has 94 valence electrons. The van der Waals surface area contributed by atoms with Gasteiger partial charge in [-0.2, -0.15) is 0 Å². The Bertz CT molecular complexity index is 363. The predicted molar refractivity (Wildman–Crippen MR) is 67.0 cm³/mol. The van der Waals surface area contributed by atoms with Gasteiger partial charge in [0.15, 0.2) is 0 Å². The van der Waals surface area contributed by atoms with Crippen molar-refractivity contribution < 1.29 is 4.74 Å². The number of aromatic nitrogens is 2. The van der Waals surface area contributed by atoms with Gasteiger partial charge in [-0.15, -0.1) is 0 Å². The molecule has 0 spiro atoms. The zero-order chi connectivity index (χ0) is 12.3. The number of hydrogen-bond acceptors (Lipinski definition) is 5. The van der Waals surface area contributed by atoms with Gasteiger partial charge in [-0.25, -0.2) is 9.97 Å². The molecular weight excluding hydrogens is 216 g/mol. The molecule has 0 amide bonds. The van der Waals surface area contributed by atoms with Crippen molar-refractivity contribution in [3.63, 3.8) is 0 Å². The first kappa shape index (κ1) is 12.3. The quantitative estimate of drug-likeness (QED) is 0.832. The first-order valence-electron chi connectivity index (χ1n) is 6.01. The maximum absolute atomic E-state index is 5.67. The molecule has 0 bridgehead atoms. The van der Waals surface area contributed by atoms with Gasteiger partial charge < -0.3 is 15.4 Å². The van der Waals surface area contributed by atoms with Crippen LogP contribution in [0.25, 0.3) is 0 Å². The van der Waals surface area contributed by atoms with Crippen LogP contribution in [0.5, 0.6) is 0 Å². The summed E-state index contributed by atoms with van der Waals surface area (Å²) in [7, 11) is 0. The first-order chi connectivity index (χ1) is 8.11. The molecular formula is C12H20N4O. The number of morpholine rings is 1. The summed E-state index contributed by atoms with van der Waals surface area (Å²) in [6, 6.07) is 0. The van der Waals surface area contributed by atoms with Crippen LogP contribution in [0.2, 0.25) is 0 Å². The molecule has 1 aromatic heterocycles. The normalized spacial score (nSPS) is 19.4. The van der Waals surface area contributed by atoms with E-state index in [-0.39, 0.29) is 5.60 Å². The average molecular weight is 236 g/mol. The van der Waals surface area contributed by atoms with Crippen LogP contribution in [0.3, 0.4) is 0 Å². The third-order valence-electron chi connectivity index (χ3n) is 2.83. The predicted octanol–water partition coefficient (Wildman–Crippen LogP) is 0.593. The molecule has 2 rings (SSSR count). The lowest BCUT2D eigenvalue weighted by Crippen LogP contribution is -2.48. The molecule has 0 aliphatic carbocycles. The second-order valence-corrected chi connectivity index (χ2v) is 4.96. The van der Waals surface area contributed by atoms with E-state index in [1.54, 1.807) is 0 Å². The Labute approximate surface area is 102 Å². The Morgan fingerprint density at radius 1 is 1.41 bits per heavy atom. The number of nitrogens with two attached hydrogens (primary N) is 1. The lowest BCUT2D eigenvalue weighted by atomic mass is 10.1. The summed E-state index contributed by atoms with van der Waals surface area (Å²) in [5.41, 5.74) is 6.45. The number of hydrogen-bond donors (Lipinski definition) is 1. The fraction of sp³-hybridized carbons (Fsp3) is 0.667. The fourth-order valence-corrected chi connectivity index (χ4v) is 1.99. The fourth-order valence-electron chi connectivity index (χ4n) is 1.99. The molecule has 0 aromatic carbocycles. The van der Waals surface area contributed by atoms with Crippen LogP contribution in [-0.2, 0) is 11.2 Å². The third kappa shape index (κ3) is 3.14. The summed E-state index contributed by atoms with van der Waals surface area (Å²) in [5.74, 6) is 0.780. The summed E-state index contributed by atoms with van der Waals surface area (Å²) >= 11 is 0. The smallest absolute Gasteiger partial charge is 0.225 e. The van der Waals surface area contributed by atoms with Gasteiger partial charge in [-0.05, 0) is 32.4 Å². The number of ether oxygens (including phenoxy) is 1. The van der Waals surface area contributed by atoms with Crippen molar-refractivity contribution >= 4 is 5.95 Å². The van der Waals surface area contributed by atoms with Crippen molar-refractivity contribution in [1.29, 1.82) is 0 Å². The summed E-state index contributed by atoms with van der Waals surface area (Å²) in [5, 5.41) is 0. The topological polar surface area (TPSA) is 64.3 Å². The highest BCUT2D eigenvalue weighted by atomic mass is 16.5. The molecule has 1 fully saturated rings. The van der Waals surface area contributed by atoms with Crippen LogP contribution in [0, 0.1) is 0 Å². The van der Waals surface area contributed by atoms with E-state index in [2.05, 4.69) is 28.7 Å². The molecule has 2 N–H and O–H groups in total. The van der Waals surface area contributed by atoms with E-state index in [1.807, 2.05) is 12.4 Å². The van der Waals surface area contributed by atoms with E-state index in [0.717, 1.165) is 37.6 Å². The van der Waals surface area contributed by atoms with Gasteiger partial charge in [0.05, 0.1) is 12.2 Å². The monoisotopic (exact) mass is 236 g/mol. The Hall–Kier alpha value is -1.20. The van der Waals surface area contributed by atoms with Gasteiger partial charge in [0.2, 0.25) is 5.95 Å². The average Bonchev–Trinajstić information content (AvgIpc) is 2.29. The molecule has 1 aliphatic heterocycles. The maximum Gasteiger partial charge on any atom is 0.225 e. The van der Waals surface area contributed by atoms with E-state index in [0.29, 0.717) is 6.54 Å². The van der Waals surface area contributed by atoms with Crippen molar-refractivity contribution in [1.82, 2.24) is 9.97 Å². The highest BCUT2D eigenvalue weighted by molar-refractivity contribution is 5.31. The van der Waals surface area contributed by atoms with E-state index < -0.39 is 0 Å². The SMILES string of the molecule is CC1(C)CN(c2ncc(CCN)cn2)CCO1. The maximum atomic E-state index is 5.67. The second kappa shape index (κ2) is 4.98. The largest absolute Gasteiger partial charge is 0.372 e. The van der Waals surface area contributed by atoms with Gasteiger partial charge in [0.1, 0.15) is 0 Å². The van der Waals surface area contributed by atoms with E-state index in [9.17, 15) is 0 Å². The molecule has 2 heterocycles. The van der Waals surface area contributed by atoms with E-state index in [1.165, 1.54) is 0 Å². The van der Waals surface area contributed by atoms with Crippen LogP contribution in [0.4, 0.5) is 5.95 Å². The Kier molecular flexibility index (Phi) is 3.59. The minimum absolute atomic E-state index is 0.127. The van der Waals surface area contributed by atoms with Gasteiger partial charge in [0.25, 0.3) is 0 Å². The van der Waals surface area contributed by atoms with Crippen molar-refractivity contribution in [2.24, 2.45) is 5.73 Å². The van der Waals surface area contributed by atoms with E-state index in [4.69, 9.17) is 10.5 Å². The number of nitrogens with zero attached hydrogens (tertiary/aromatic N) is 3. The zero-order valence-electron chi connectivity index (χ0n) is 10.5. The standard InChI is InChI=1S/C12H20N4O/c1-12(2)9-16(5-6-17-12)11-14-7-10(3-4-13)8-15-11/h7-8H,3-6,9,13H2,1-2H3. The summed E-state index contributed by atoms with van der Waals surface area (Å²) in [6.07, 6.45) is 4.55. The van der Waals surface area contributed by atoms with Crippen LogP contribution in [-0.4, -0.2) is 41.8 Å². The lowest BCUT2D eigenvalue weighted by Gasteiger charge is -2.38. The summed E-state index contributed by atoms with van der Waals surface area (Å²) < 4.78 is 5.67. The zero-order valence-corrected chi connectivity index (χ0v) is 10.5. The molecule has 1 aromatic rings. The summed E-state index contributed by atoms with van der Waals surface area (Å²) in [6.45, 7) is 7.20. The molecule has 0 saturated carbocycles. The minimum atomic E-state index is -0.127. The number of anilines is 1. The molecule has 5 heteroatoms. The Balaban J connectivity index is 2.06. The molecule has 1 saturated heterocycles. The van der Waals surface area contributed by atoms with Crippen molar-refractivity contribution in [2.75, 3.05) is 31.1 Å². The van der Waals surface area contributed by atoms with Crippen molar-refractivity contribution in [3.05, 3.63) is 18.0 Å².